The van der Waals surface area contributed by atoms with Crippen molar-refractivity contribution in [3.8, 4) is 0 Å². The summed E-state index contributed by atoms with van der Waals surface area (Å²) in [6.45, 7) is 1.68. The van der Waals surface area contributed by atoms with E-state index in [0.717, 1.165) is 5.56 Å². The van der Waals surface area contributed by atoms with Crippen molar-refractivity contribution < 1.29 is 9.53 Å². The SMILES string of the molecule is CNC(=O)c1ccc(CN=C(N)NCCOC)cc1. The molecule has 1 aromatic carbocycles. The minimum Gasteiger partial charge on any atom is -0.383 e. The molecule has 0 fully saturated rings. The van der Waals surface area contributed by atoms with Crippen LogP contribution in [0.3, 0.4) is 0 Å². The van der Waals surface area contributed by atoms with Crippen LogP contribution in [0.4, 0.5) is 0 Å². The second kappa shape index (κ2) is 8.10. The number of nitrogens with two attached hydrogens (primary N) is 1. The van der Waals surface area contributed by atoms with Crippen molar-refractivity contribution in [2.45, 2.75) is 6.54 Å². The largest absolute Gasteiger partial charge is 0.383 e. The second-order valence-electron chi connectivity index (χ2n) is 3.90. The monoisotopic (exact) mass is 264 g/mol. The van der Waals surface area contributed by atoms with Crippen molar-refractivity contribution in [2.24, 2.45) is 10.7 Å². The average molecular weight is 264 g/mol. The minimum absolute atomic E-state index is 0.101. The van der Waals surface area contributed by atoms with E-state index in [9.17, 15) is 4.79 Å². The van der Waals surface area contributed by atoms with E-state index in [1.807, 2.05) is 12.1 Å². The van der Waals surface area contributed by atoms with Gasteiger partial charge < -0.3 is 21.1 Å². The van der Waals surface area contributed by atoms with Crippen LogP contribution in [0.5, 0.6) is 0 Å². The predicted molar refractivity (Wildman–Crippen MR) is 75.0 cm³/mol. The Bertz CT molecular complexity index is 429. The lowest BCUT2D eigenvalue weighted by molar-refractivity contribution is 0.0963. The Morgan fingerprint density at radius 3 is 2.63 bits per heavy atom. The third-order valence-corrected chi connectivity index (χ3v) is 2.49. The molecule has 0 radical (unpaired) electrons. The Hall–Kier alpha value is -2.08. The molecule has 4 N–H and O–H groups in total. The van der Waals surface area contributed by atoms with Gasteiger partial charge in [-0.2, -0.15) is 0 Å². The van der Waals surface area contributed by atoms with E-state index >= 15 is 0 Å². The topological polar surface area (TPSA) is 88.7 Å². The van der Waals surface area contributed by atoms with Crippen molar-refractivity contribution >= 4 is 11.9 Å². The molecule has 0 atom stereocenters. The third kappa shape index (κ3) is 5.39. The first kappa shape index (κ1) is 15.0. The Morgan fingerprint density at radius 2 is 2.05 bits per heavy atom. The Labute approximate surface area is 113 Å². The van der Waals surface area contributed by atoms with Gasteiger partial charge in [0.15, 0.2) is 5.96 Å². The van der Waals surface area contributed by atoms with Gasteiger partial charge in [-0.1, -0.05) is 12.1 Å². The van der Waals surface area contributed by atoms with Crippen molar-refractivity contribution in [3.05, 3.63) is 35.4 Å². The standard InChI is InChI=1S/C13H20N4O2/c1-15-12(18)11-5-3-10(4-6-11)9-17-13(14)16-7-8-19-2/h3-6H,7-9H2,1-2H3,(H,15,18)(H3,14,16,17). The fourth-order valence-electron chi connectivity index (χ4n) is 1.42. The summed E-state index contributed by atoms with van der Waals surface area (Å²) < 4.78 is 4.89. The number of nitrogens with one attached hydrogen (secondary N) is 2. The van der Waals surface area contributed by atoms with Gasteiger partial charge in [-0.05, 0) is 17.7 Å². The maximum atomic E-state index is 11.4. The number of carbonyl (C=O) groups excluding carboxylic acids is 1. The lowest BCUT2D eigenvalue weighted by Gasteiger charge is -2.05. The lowest BCUT2D eigenvalue weighted by Crippen LogP contribution is -2.34. The molecule has 6 heteroatoms. The number of methoxy groups -OCH3 is 1. The number of ether oxygens (including phenoxy) is 1. The third-order valence-electron chi connectivity index (χ3n) is 2.49. The highest BCUT2D eigenvalue weighted by Crippen LogP contribution is 2.05. The van der Waals surface area contributed by atoms with Crippen LogP contribution in [0.15, 0.2) is 29.3 Å². The summed E-state index contributed by atoms with van der Waals surface area (Å²) >= 11 is 0. The second-order valence-corrected chi connectivity index (χ2v) is 3.90. The highest BCUT2D eigenvalue weighted by atomic mass is 16.5. The zero-order valence-electron chi connectivity index (χ0n) is 11.3. The summed E-state index contributed by atoms with van der Waals surface area (Å²) in [7, 11) is 3.23. The van der Waals surface area contributed by atoms with E-state index < -0.39 is 0 Å². The first-order chi connectivity index (χ1) is 9.17. The van der Waals surface area contributed by atoms with Crippen molar-refractivity contribution in [1.29, 1.82) is 0 Å². The molecule has 19 heavy (non-hydrogen) atoms. The molecule has 0 aliphatic carbocycles. The zero-order valence-corrected chi connectivity index (χ0v) is 11.3. The molecule has 0 aromatic heterocycles. The normalized spacial score (nSPS) is 11.2. The van der Waals surface area contributed by atoms with Gasteiger partial charge in [-0.3, -0.25) is 4.79 Å². The Balaban J connectivity index is 2.49. The molecular formula is C13H20N4O2. The van der Waals surface area contributed by atoms with Gasteiger partial charge in [0.2, 0.25) is 0 Å². The summed E-state index contributed by atoms with van der Waals surface area (Å²) in [5, 5.41) is 5.50. The van der Waals surface area contributed by atoms with Crippen molar-refractivity contribution in [1.82, 2.24) is 10.6 Å². The fraction of sp³-hybridized carbons (Fsp3) is 0.385. The van der Waals surface area contributed by atoms with Gasteiger partial charge in [0.1, 0.15) is 0 Å². The van der Waals surface area contributed by atoms with Gasteiger partial charge >= 0.3 is 0 Å². The molecule has 1 rings (SSSR count). The molecule has 0 heterocycles. The zero-order chi connectivity index (χ0) is 14.1. The summed E-state index contributed by atoms with van der Waals surface area (Å²) in [5.41, 5.74) is 7.30. The highest BCUT2D eigenvalue weighted by Gasteiger charge is 2.01. The molecule has 0 spiro atoms. The van der Waals surface area contributed by atoms with Crippen LogP contribution < -0.4 is 16.4 Å². The van der Waals surface area contributed by atoms with E-state index in [1.165, 1.54) is 0 Å². The summed E-state index contributed by atoms with van der Waals surface area (Å²) in [4.78, 5) is 15.5. The number of hydrogen-bond donors (Lipinski definition) is 3. The van der Waals surface area contributed by atoms with Crippen LogP contribution in [-0.2, 0) is 11.3 Å². The smallest absolute Gasteiger partial charge is 0.251 e. The maximum Gasteiger partial charge on any atom is 0.251 e. The summed E-state index contributed by atoms with van der Waals surface area (Å²) in [6, 6.07) is 7.24. The van der Waals surface area contributed by atoms with Gasteiger partial charge in [0.05, 0.1) is 13.2 Å². The average Bonchev–Trinajstić information content (AvgIpc) is 2.45. The first-order valence-electron chi connectivity index (χ1n) is 6.01. The van der Waals surface area contributed by atoms with Crippen LogP contribution in [0.1, 0.15) is 15.9 Å². The Kier molecular flexibility index (Phi) is 6.38. The van der Waals surface area contributed by atoms with Crippen LogP contribution in [-0.4, -0.2) is 39.2 Å². The van der Waals surface area contributed by atoms with Gasteiger partial charge in [-0.15, -0.1) is 0 Å². The molecule has 0 bridgehead atoms. The Morgan fingerprint density at radius 1 is 1.37 bits per heavy atom. The van der Waals surface area contributed by atoms with Crippen LogP contribution in [0, 0.1) is 0 Å². The number of nitrogens with zero attached hydrogens (tertiary/aromatic N) is 1. The molecule has 0 aliphatic rings. The first-order valence-corrected chi connectivity index (χ1v) is 6.01. The molecule has 0 unspecified atom stereocenters. The van der Waals surface area contributed by atoms with Gasteiger partial charge in [0, 0.05) is 26.3 Å². The molecule has 0 saturated carbocycles. The van der Waals surface area contributed by atoms with Crippen LogP contribution in [0.25, 0.3) is 0 Å². The van der Waals surface area contributed by atoms with Crippen LogP contribution in [0.2, 0.25) is 0 Å². The molecule has 6 nitrogen and oxygen atoms in total. The molecule has 0 aliphatic heterocycles. The number of amides is 1. The van der Waals surface area contributed by atoms with E-state index in [2.05, 4.69) is 15.6 Å². The van der Waals surface area contributed by atoms with Crippen molar-refractivity contribution in [3.63, 3.8) is 0 Å². The maximum absolute atomic E-state index is 11.4. The lowest BCUT2D eigenvalue weighted by atomic mass is 10.1. The fourth-order valence-corrected chi connectivity index (χ4v) is 1.42. The predicted octanol–water partition coefficient (Wildman–Crippen LogP) is 0.0969. The molecule has 1 aromatic rings. The van der Waals surface area contributed by atoms with Gasteiger partial charge in [-0.25, -0.2) is 4.99 Å². The molecule has 1 amide bonds. The van der Waals surface area contributed by atoms with Crippen LogP contribution >= 0.6 is 0 Å². The van der Waals surface area contributed by atoms with E-state index in [4.69, 9.17) is 10.5 Å². The quantitative estimate of drug-likeness (QED) is 0.386. The minimum atomic E-state index is -0.101. The molecule has 0 saturated heterocycles. The summed E-state index contributed by atoms with van der Waals surface area (Å²) in [5.74, 6) is 0.281. The molecular weight excluding hydrogens is 244 g/mol. The number of aliphatic imine (C=N–C) groups is 1. The molecule has 104 valence electrons. The number of carbonyl (C=O) groups is 1. The number of benzene rings is 1. The number of hydrogen-bond acceptors (Lipinski definition) is 3. The number of guanidine groups is 1. The van der Waals surface area contributed by atoms with Crippen molar-refractivity contribution in [2.75, 3.05) is 27.3 Å². The van der Waals surface area contributed by atoms with E-state index in [-0.39, 0.29) is 5.91 Å². The summed E-state index contributed by atoms with van der Waals surface area (Å²) in [6.07, 6.45) is 0. The van der Waals surface area contributed by atoms with E-state index in [0.29, 0.717) is 31.2 Å². The number of rotatable bonds is 6. The highest BCUT2D eigenvalue weighted by molar-refractivity contribution is 5.93. The van der Waals surface area contributed by atoms with Gasteiger partial charge in [0.25, 0.3) is 5.91 Å². The van der Waals surface area contributed by atoms with E-state index in [1.54, 1.807) is 26.3 Å².